The fourth-order valence-corrected chi connectivity index (χ4v) is 3.72. The van der Waals surface area contributed by atoms with Crippen molar-refractivity contribution in [3.05, 3.63) is 94.4 Å². The summed E-state index contributed by atoms with van der Waals surface area (Å²) in [5.74, 6) is 0.632. The fraction of sp³-hybridized carbons (Fsp3) is 0.0833. The highest BCUT2D eigenvalue weighted by molar-refractivity contribution is 5.90. The molecule has 9 heteroatoms. The summed E-state index contributed by atoms with van der Waals surface area (Å²) in [7, 11) is 1.69. The lowest BCUT2D eigenvalue weighted by atomic mass is 10.0. The van der Waals surface area contributed by atoms with E-state index in [9.17, 15) is 10.1 Å². The van der Waals surface area contributed by atoms with Crippen molar-refractivity contribution in [2.24, 2.45) is 7.05 Å². The number of hydrogen-bond donors (Lipinski definition) is 1. The number of pyridine rings is 2. The average Bonchev–Trinajstić information content (AvgIpc) is 3.26. The van der Waals surface area contributed by atoms with Gasteiger partial charge >= 0.3 is 0 Å². The monoisotopic (exact) mass is 434 g/mol. The van der Waals surface area contributed by atoms with Crippen molar-refractivity contribution >= 4 is 11.6 Å². The molecule has 2 N–H and O–H groups in total. The first-order chi connectivity index (χ1) is 16.0. The van der Waals surface area contributed by atoms with E-state index in [1.54, 1.807) is 37.6 Å². The number of nitrogens with two attached hydrogens (primary N) is 1. The molecule has 0 bridgehead atoms. The highest BCUT2D eigenvalue weighted by atomic mass is 16.1. The van der Waals surface area contributed by atoms with Gasteiger partial charge in [0.2, 0.25) is 11.5 Å². The highest BCUT2D eigenvalue weighted by Gasteiger charge is 2.21. The average molecular weight is 434 g/mol. The zero-order valence-corrected chi connectivity index (χ0v) is 17.7. The number of fused-ring (bicyclic) bond motifs is 1. The molecule has 0 aliphatic rings. The molecule has 0 atom stereocenters. The van der Waals surface area contributed by atoms with Crippen molar-refractivity contribution in [1.82, 2.24) is 29.1 Å². The molecule has 5 aromatic rings. The lowest BCUT2D eigenvalue weighted by Crippen LogP contribution is -2.14. The van der Waals surface area contributed by atoms with Gasteiger partial charge in [0, 0.05) is 36.6 Å². The molecule has 0 fully saturated rings. The second-order valence-corrected chi connectivity index (χ2v) is 7.48. The number of hydrogen-bond acceptors (Lipinski definition) is 7. The van der Waals surface area contributed by atoms with Gasteiger partial charge in [-0.25, -0.2) is 9.97 Å². The van der Waals surface area contributed by atoms with Crippen LogP contribution in [0.4, 0.5) is 5.95 Å². The van der Waals surface area contributed by atoms with Crippen LogP contribution in [-0.2, 0) is 13.5 Å². The standard InChI is InChI=1S/C24H18N8O/c1-31-14-17(9-10-20(31)33)21-22(15-6-3-2-4-7-15)29-24(26)32-23(21)28-19(30-32)12-18-16(13-25)8-5-11-27-18/h2-11,14H,12H2,1H3,(H2,26,29). The van der Waals surface area contributed by atoms with E-state index < -0.39 is 0 Å². The van der Waals surface area contributed by atoms with E-state index in [0.717, 1.165) is 11.1 Å². The maximum Gasteiger partial charge on any atom is 0.250 e. The van der Waals surface area contributed by atoms with Crippen LogP contribution in [0.1, 0.15) is 17.1 Å². The lowest BCUT2D eigenvalue weighted by Gasteiger charge is -2.12. The van der Waals surface area contributed by atoms with Crippen molar-refractivity contribution in [3.63, 3.8) is 0 Å². The summed E-state index contributed by atoms with van der Waals surface area (Å²) < 4.78 is 2.98. The second-order valence-electron chi connectivity index (χ2n) is 7.48. The van der Waals surface area contributed by atoms with E-state index in [-0.39, 0.29) is 17.9 Å². The number of rotatable bonds is 4. The van der Waals surface area contributed by atoms with Gasteiger partial charge in [-0.2, -0.15) is 9.78 Å². The fourth-order valence-electron chi connectivity index (χ4n) is 3.72. The molecule has 1 aromatic carbocycles. The van der Waals surface area contributed by atoms with Crippen LogP contribution in [-0.4, -0.2) is 29.1 Å². The Balaban J connectivity index is 1.77. The summed E-state index contributed by atoms with van der Waals surface area (Å²) in [5.41, 5.74) is 10.6. The number of aryl methyl sites for hydroxylation is 1. The van der Waals surface area contributed by atoms with E-state index in [1.165, 1.54) is 15.1 Å². The van der Waals surface area contributed by atoms with Gasteiger partial charge in [-0.05, 0) is 18.2 Å². The van der Waals surface area contributed by atoms with E-state index in [4.69, 9.17) is 10.7 Å². The first-order valence-corrected chi connectivity index (χ1v) is 10.2. The van der Waals surface area contributed by atoms with Crippen LogP contribution in [0.3, 0.4) is 0 Å². The van der Waals surface area contributed by atoms with Gasteiger partial charge in [0.1, 0.15) is 6.07 Å². The first kappa shape index (κ1) is 20.1. The molecule has 33 heavy (non-hydrogen) atoms. The molecule has 4 heterocycles. The molecule has 0 radical (unpaired) electrons. The topological polar surface area (TPSA) is 128 Å². The van der Waals surface area contributed by atoms with Crippen molar-refractivity contribution < 1.29 is 0 Å². The van der Waals surface area contributed by atoms with E-state index >= 15 is 0 Å². The number of nitrogens with zero attached hydrogens (tertiary/aromatic N) is 7. The predicted octanol–water partition coefficient (Wildman–Crippen LogP) is 2.60. The molecular weight excluding hydrogens is 416 g/mol. The minimum absolute atomic E-state index is 0.124. The maximum atomic E-state index is 12.0. The van der Waals surface area contributed by atoms with Gasteiger partial charge in [0.25, 0.3) is 0 Å². The van der Waals surface area contributed by atoms with Gasteiger partial charge in [0.05, 0.1) is 28.9 Å². The largest absolute Gasteiger partial charge is 0.368 e. The van der Waals surface area contributed by atoms with Gasteiger partial charge in [-0.3, -0.25) is 9.78 Å². The predicted molar refractivity (Wildman–Crippen MR) is 123 cm³/mol. The number of nitrogen functional groups attached to an aromatic ring is 1. The Morgan fingerprint density at radius 2 is 1.85 bits per heavy atom. The lowest BCUT2D eigenvalue weighted by molar-refractivity contribution is 0.861. The van der Waals surface area contributed by atoms with E-state index in [0.29, 0.717) is 34.0 Å². The molecule has 0 saturated heterocycles. The summed E-state index contributed by atoms with van der Waals surface area (Å²) in [4.78, 5) is 25.7. The van der Waals surface area contributed by atoms with Crippen molar-refractivity contribution in [2.45, 2.75) is 6.42 Å². The number of aromatic nitrogens is 6. The molecule has 0 amide bonds. The van der Waals surface area contributed by atoms with Crippen LogP contribution in [0.5, 0.6) is 0 Å². The summed E-state index contributed by atoms with van der Waals surface area (Å²) in [6.45, 7) is 0. The molecule has 4 aromatic heterocycles. The Labute approximate surface area is 188 Å². The third-order valence-corrected chi connectivity index (χ3v) is 5.31. The third-order valence-electron chi connectivity index (χ3n) is 5.31. The van der Waals surface area contributed by atoms with E-state index in [1.807, 2.05) is 30.3 Å². The summed E-state index contributed by atoms with van der Waals surface area (Å²) in [6.07, 6.45) is 3.63. The van der Waals surface area contributed by atoms with Crippen LogP contribution in [0.2, 0.25) is 0 Å². The number of anilines is 1. The van der Waals surface area contributed by atoms with Gasteiger partial charge < -0.3 is 10.3 Å². The number of benzene rings is 1. The Morgan fingerprint density at radius 1 is 1.03 bits per heavy atom. The van der Waals surface area contributed by atoms with Crippen molar-refractivity contribution in [1.29, 1.82) is 5.26 Å². The van der Waals surface area contributed by atoms with Crippen molar-refractivity contribution in [2.75, 3.05) is 5.73 Å². The Morgan fingerprint density at radius 3 is 2.61 bits per heavy atom. The first-order valence-electron chi connectivity index (χ1n) is 10.2. The van der Waals surface area contributed by atoms with Gasteiger partial charge in [-0.1, -0.05) is 30.3 Å². The van der Waals surface area contributed by atoms with Crippen LogP contribution in [0.15, 0.2) is 71.8 Å². The Hall–Kier alpha value is -4.84. The van der Waals surface area contributed by atoms with Crippen molar-refractivity contribution in [3.8, 4) is 28.5 Å². The zero-order chi connectivity index (χ0) is 22.9. The molecular formula is C24H18N8O. The van der Waals surface area contributed by atoms with Crippen LogP contribution in [0, 0.1) is 11.3 Å². The van der Waals surface area contributed by atoms with Gasteiger partial charge in [0.15, 0.2) is 11.5 Å². The smallest absolute Gasteiger partial charge is 0.250 e. The minimum atomic E-state index is -0.124. The summed E-state index contributed by atoms with van der Waals surface area (Å²) >= 11 is 0. The normalized spacial score (nSPS) is 10.9. The SMILES string of the molecule is Cn1cc(-c2c(-c3ccccc3)nc(N)n3nc(Cc4ncccc4C#N)nc23)ccc1=O. The van der Waals surface area contributed by atoms with Crippen LogP contribution < -0.4 is 11.3 Å². The van der Waals surface area contributed by atoms with E-state index in [2.05, 4.69) is 21.1 Å². The third kappa shape index (κ3) is 3.59. The molecule has 160 valence electrons. The van der Waals surface area contributed by atoms with Gasteiger partial charge in [-0.15, -0.1) is 5.10 Å². The van der Waals surface area contributed by atoms with Crippen LogP contribution in [0.25, 0.3) is 28.0 Å². The molecule has 5 rings (SSSR count). The summed E-state index contributed by atoms with van der Waals surface area (Å²) in [6, 6.07) is 18.4. The summed E-state index contributed by atoms with van der Waals surface area (Å²) in [5, 5.41) is 13.9. The highest BCUT2D eigenvalue weighted by Crippen LogP contribution is 2.34. The number of nitriles is 1. The maximum absolute atomic E-state index is 12.0. The molecule has 0 aliphatic carbocycles. The quantitative estimate of drug-likeness (QED) is 0.460. The molecule has 0 unspecified atom stereocenters. The molecule has 0 saturated carbocycles. The Bertz CT molecular complexity index is 1600. The molecule has 0 spiro atoms. The minimum Gasteiger partial charge on any atom is -0.368 e. The zero-order valence-electron chi connectivity index (χ0n) is 17.7. The van der Waals surface area contributed by atoms with Crippen LogP contribution >= 0.6 is 0 Å². The second kappa shape index (κ2) is 8.01. The molecule has 9 nitrogen and oxygen atoms in total. The Kier molecular flexibility index (Phi) is 4.88. The molecule has 0 aliphatic heterocycles.